The molecule has 0 unspecified atom stereocenters. The molecule has 0 spiro atoms. The van der Waals surface area contributed by atoms with Crippen LogP contribution < -0.4 is 10.6 Å². The van der Waals surface area contributed by atoms with Gasteiger partial charge >= 0.3 is 0 Å². The van der Waals surface area contributed by atoms with Crippen LogP contribution in [0.5, 0.6) is 0 Å². The van der Waals surface area contributed by atoms with Crippen molar-refractivity contribution >= 4 is 17.3 Å². The van der Waals surface area contributed by atoms with E-state index in [1.165, 1.54) is 6.20 Å². The molecule has 6 heteroatoms. The molecule has 25 heavy (non-hydrogen) atoms. The van der Waals surface area contributed by atoms with Crippen molar-refractivity contribution in [2.75, 3.05) is 10.6 Å². The van der Waals surface area contributed by atoms with Gasteiger partial charge in [-0.25, -0.2) is 0 Å². The molecule has 2 heterocycles. The fraction of sp³-hybridized carbons (Fsp3) is 0.0526. The number of benzene rings is 1. The molecule has 0 aliphatic heterocycles. The number of amides is 1. The molecule has 0 saturated carbocycles. The average Bonchev–Trinajstić information content (AvgIpc) is 2.67. The van der Waals surface area contributed by atoms with Crippen LogP contribution in [0.15, 0.2) is 67.3 Å². The summed E-state index contributed by atoms with van der Waals surface area (Å²) in [4.78, 5) is 20.5. The van der Waals surface area contributed by atoms with Gasteiger partial charge in [-0.3, -0.25) is 14.8 Å². The topological polar surface area (TPSA) is 90.7 Å². The van der Waals surface area contributed by atoms with Crippen LogP contribution in [-0.4, -0.2) is 15.9 Å². The largest absolute Gasteiger partial charge is 0.380 e. The summed E-state index contributed by atoms with van der Waals surface area (Å²) in [5.41, 5.74) is 3.32. The molecule has 0 fully saturated rings. The molecule has 0 aliphatic carbocycles. The lowest BCUT2D eigenvalue weighted by Crippen LogP contribution is -2.13. The van der Waals surface area contributed by atoms with Gasteiger partial charge in [-0.2, -0.15) is 5.26 Å². The molecular formula is C19H15N5O. The minimum Gasteiger partial charge on any atom is -0.380 e. The van der Waals surface area contributed by atoms with Gasteiger partial charge in [0, 0.05) is 37.0 Å². The summed E-state index contributed by atoms with van der Waals surface area (Å²) in [6.07, 6.45) is 6.62. The van der Waals surface area contributed by atoms with Crippen LogP contribution in [0.4, 0.5) is 11.4 Å². The first-order valence-corrected chi connectivity index (χ1v) is 7.64. The molecule has 0 atom stereocenters. The summed E-state index contributed by atoms with van der Waals surface area (Å²) < 4.78 is 0. The van der Waals surface area contributed by atoms with E-state index in [-0.39, 0.29) is 5.91 Å². The van der Waals surface area contributed by atoms with Crippen LogP contribution in [-0.2, 0) is 6.54 Å². The zero-order chi connectivity index (χ0) is 17.5. The van der Waals surface area contributed by atoms with Crippen LogP contribution in [0.3, 0.4) is 0 Å². The van der Waals surface area contributed by atoms with E-state index >= 15 is 0 Å². The molecule has 2 aromatic heterocycles. The van der Waals surface area contributed by atoms with Crippen molar-refractivity contribution in [1.82, 2.24) is 9.97 Å². The lowest BCUT2D eigenvalue weighted by Gasteiger charge is -2.09. The van der Waals surface area contributed by atoms with Crippen molar-refractivity contribution in [2.45, 2.75) is 6.54 Å². The van der Waals surface area contributed by atoms with Crippen molar-refractivity contribution in [2.24, 2.45) is 0 Å². The van der Waals surface area contributed by atoms with Crippen LogP contribution in [0.1, 0.15) is 21.5 Å². The second-order valence-corrected chi connectivity index (χ2v) is 5.32. The number of rotatable bonds is 5. The third-order valence-corrected chi connectivity index (χ3v) is 3.50. The fourth-order valence-electron chi connectivity index (χ4n) is 2.24. The van der Waals surface area contributed by atoms with E-state index in [1.54, 1.807) is 48.9 Å². The lowest BCUT2D eigenvalue weighted by atomic mass is 10.2. The number of hydrogen-bond acceptors (Lipinski definition) is 5. The Kier molecular flexibility index (Phi) is 4.98. The highest BCUT2D eigenvalue weighted by Gasteiger charge is 2.08. The number of carbonyl (C=O) groups excluding carboxylic acids is 1. The van der Waals surface area contributed by atoms with Gasteiger partial charge in [0.05, 0.1) is 22.9 Å². The SMILES string of the molecule is N#Cc1cccc(NC(=O)c2cncc(NCc3ccncc3)c2)c1. The summed E-state index contributed by atoms with van der Waals surface area (Å²) >= 11 is 0. The Bertz CT molecular complexity index is 918. The molecule has 1 amide bonds. The molecule has 0 bridgehead atoms. The van der Waals surface area contributed by atoms with Crippen LogP contribution >= 0.6 is 0 Å². The number of hydrogen-bond donors (Lipinski definition) is 2. The molecule has 3 rings (SSSR count). The normalized spacial score (nSPS) is 9.88. The van der Waals surface area contributed by atoms with Crippen molar-refractivity contribution in [3.63, 3.8) is 0 Å². The quantitative estimate of drug-likeness (QED) is 0.750. The molecule has 6 nitrogen and oxygen atoms in total. The smallest absolute Gasteiger partial charge is 0.257 e. The third kappa shape index (κ3) is 4.39. The van der Waals surface area contributed by atoms with Crippen molar-refractivity contribution in [3.05, 3.63) is 83.9 Å². The number of aromatic nitrogens is 2. The number of nitrogens with zero attached hydrogens (tertiary/aromatic N) is 3. The summed E-state index contributed by atoms with van der Waals surface area (Å²) in [5.74, 6) is -0.282. The van der Waals surface area contributed by atoms with Gasteiger partial charge in [0.15, 0.2) is 0 Å². The van der Waals surface area contributed by atoms with E-state index in [0.29, 0.717) is 23.4 Å². The Morgan fingerprint density at radius 2 is 1.88 bits per heavy atom. The second kappa shape index (κ2) is 7.70. The first kappa shape index (κ1) is 16.1. The van der Waals surface area contributed by atoms with Gasteiger partial charge in [-0.15, -0.1) is 0 Å². The highest BCUT2D eigenvalue weighted by molar-refractivity contribution is 6.04. The fourth-order valence-corrected chi connectivity index (χ4v) is 2.24. The number of nitriles is 1. The zero-order valence-corrected chi connectivity index (χ0v) is 13.3. The number of carbonyl (C=O) groups is 1. The maximum atomic E-state index is 12.4. The van der Waals surface area contributed by atoms with E-state index in [9.17, 15) is 4.79 Å². The molecule has 0 aliphatic rings. The monoisotopic (exact) mass is 329 g/mol. The molecule has 0 saturated heterocycles. The van der Waals surface area contributed by atoms with Gasteiger partial charge in [-0.1, -0.05) is 6.07 Å². The summed E-state index contributed by atoms with van der Waals surface area (Å²) in [6, 6.07) is 14.4. The Hall–Kier alpha value is -3.72. The van der Waals surface area contributed by atoms with Gasteiger partial charge in [-0.05, 0) is 42.0 Å². The molecule has 0 radical (unpaired) electrons. The third-order valence-electron chi connectivity index (χ3n) is 3.50. The van der Waals surface area contributed by atoms with E-state index in [0.717, 1.165) is 11.3 Å². The summed E-state index contributed by atoms with van der Waals surface area (Å²) in [6.45, 7) is 0.611. The predicted molar refractivity (Wildman–Crippen MR) is 94.9 cm³/mol. The number of nitrogens with one attached hydrogen (secondary N) is 2. The standard InChI is InChI=1S/C19H15N5O/c20-10-15-2-1-3-17(8-15)24-19(25)16-9-18(13-22-12-16)23-11-14-4-6-21-7-5-14/h1-9,12-13,23H,11H2,(H,24,25). The van der Waals surface area contributed by atoms with Crippen LogP contribution in [0.25, 0.3) is 0 Å². The van der Waals surface area contributed by atoms with Crippen LogP contribution in [0, 0.1) is 11.3 Å². The van der Waals surface area contributed by atoms with Gasteiger partial charge in [0.25, 0.3) is 5.91 Å². The van der Waals surface area contributed by atoms with E-state index in [2.05, 4.69) is 20.6 Å². The molecular weight excluding hydrogens is 314 g/mol. The number of anilines is 2. The lowest BCUT2D eigenvalue weighted by molar-refractivity contribution is 0.102. The van der Waals surface area contributed by atoms with Crippen LogP contribution in [0.2, 0.25) is 0 Å². The maximum absolute atomic E-state index is 12.4. The van der Waals surface area contributed by atoms with Gasteiger partial charge in [0.1, 0.15) is 0 Å². The Morgan fingerprint density at radius 1 is 1.04 bits per heavy atom. The zero-order valence-electron chi connectivity index (χ0n) is 13.3. The van der Waals surface area contributed by atoms with E-state index in [4.69, 9.17) is 5.26 Å². The predicted octanol–water partition coefficient (Wildman–Crippen LogP) is 3.21. The average molecular weight is 329 g/mol. The van der Waals surface area contributed by atoms with Crippen molar-refractivity contribution in [3.8, 4) is 6.07 Å². The Labute approximate surface area is 145 Å². The summed E-state index contributed by atoms with van der Waals surface area (Å²) in [5, 5.41) is 14.9. The first-order chi connectivity index (χ1) is 12.2. The second-order valence-electron chi connectivity index (χ2n) is 5.32. The number of pyridine rings is 2. The maximum Gasteiger partial charge on any atom is 0.257 e. The minimum absolute atomic E-state index is 0.282. The molecule has 122 valence electrons. The van der Waals surface area contributed by atoms with Crippen molar-refractivity contribution in [1.29, 1.82) is 5.26 Å². The Balaban J connectivity index is 1.68. The highest BCUT2D eigenvalue weighted by atomic mass is 16.1. The van der Waals surface area contributed by atoms with Crippen molar-refractivity contribution < 1.29 is 4.79 Å². The summed E-state index contributed by atoms with van der Waals surface area (Å²) in [7, 11) is 0. The molecule has 2 N–H and O–H groups in total. The minimum atomic E-state index is -0.282. The molecule has 3 aromatic rings. The molecule has 1 aromatic carbocycles. The Morgan fingerprint density at radius 3 is 2.68 bits per heavy atom. The first-order valence-electron chi connectivity index (χ1n) is 7.64. The van der Waals surface area contributed by atoms with Gasteiger partial charge in [0.2, 0.25) is 0 Å². The van der Waals surface area contributed by atoms with Gasteiger partial charge < -0.3 is 10.6 Å². The highest BCUT2D eigenvalue weighted by Crippen LogP contribution is 2.14. The van der Waals surface area contributed by atoms with E-state index < -0.39 is 0 Å². The van der Waals surface area contributed by atoms with E-state index in [1.807, 2.05) is 18.2 Å².